The normalized spacial score (nSPS) is 10.1. The van der Waals surface area contributed by atoms with Crippen LogP contribution in [-0.2, 0) is 4.74 Å². The van der Waals surface area contributed by atoms with E-state index < -0.39 is 0 Å². The van der Waals surface area contributed by atoms with E-state index in [0.29, 0.717) is 32.0 Å². The summed E-state index contributed by atoms with van der Waals surface area (Å²) < 4.78 is 16.4. The van der Waals surface area contributed by atoms with Gasteiger partial charge in [-0.05, 0) is 36.4 Å². The lowest BCUT2D eigenvalue weighted by molar-refractivity contribution is 0.0764. The first-order valence-electron chi connectivity index (χ1n) is 6.82. The van der Waals surface area contributed by atoms with E-state index in [4.69, 9.17) is 14.2 Å². The van der Waals surface area contributed by atoms with Crippen molar-refractivity contribution in [3.63, 3.8) is 0 Å². The Morgan fingerprint density at radius 3 is 1.86 bits per heavy atom. The molecule has 110 valence electrons. The summed E-state index contributed by atoms with van der Waals surface area (Å²) in [7, 11) is 0. The van der Waals surface area contributed by atoms with Crippen molar-refractivity contribution in [2.75, 3.05) is 26.4 Å². The van der Waals surface area contributed by atoms with E-state index in [1.807, 2.05) is 30.3 Å². The van der Waals surface area contributed by atoms with Gasteiger partial charge in [-0.25, -0.2) is 0 Å². The number of benzene rings is 2. The molecule has 0 aliphatic heterocycles. The highest BCUT2D eigenvalue weighted by molar-refractivity contribution is 5.74. The molecule has 0 spiro atoms. The van der Waals surface area contributed by atoms with Crippen LogP contribution in [0.25, 0.3) is 0 Å². The molecular weight excluding hydrogens is 268 g/mol. The van der Waals surface area contributed by atoms with E-state index >= 15 is 0 Å². The molecule has 0 aromatic heterocycles. The molecule has 2 aromatic carbocycles. The lowest BCUT2D eigenvalue weighted by Gasteiger charge is -2.08. The highest BCUT2D eigenvalue weighted by atomic mass is 16.5. The van der Waals surface area contributed by atoms with Gasteiger partial charge < -0.3 is 14.2 Å². The summed E-state index contributed by atoms with van der Waals surface area (Å²) in [5.41, 5.74) is 0.636. The fraction of sp³-hybridized carbons (Fsp3) is 0.235. The molecule has 0 saturated heterocycles. The van der Waals surface area contributed by atoms with Crippen LogP contribution in [0.3, 0.4) is 0 Å². The molecule has 4 nitrogen and oxygen atoms in total. The van der Waals surface area contributed by atoms with Crippen molar-refractivity contribution in [2.45, 2.75) is 0 Å². The Balaban J connectivity index is 1.52. The van der Waals surface area contributed by atoms with Crippen LogP contribution in [0.15, 0.2) is 54.6 Å². The van der Waals surface area contributed by atoms with Crippen LogP contribution < -0.4 is 9.47 Å². The van der Waals surface area contributed by atoms with Gasteiger partial charge in [0, 0.05) is 5.56 Å². The lowest BCUT2D eigenvalue weighted by Crippen LogP contribution is -2.12. The van der Waals surface area contributed by atoms with Crippen molar-refractivity contribution in [1.29, 1.82) is 0 Å². The predicted octanol–water partition coefficient (Wildman–Crippen LogP) is 2.97. The van der Waals surface area contributed by atoms with Crippen molar-refractivity contribution in [2.24, 2.45) is 0 Å². The Labute approximate surface area is 124 Å². The number of para-hydroxylation sites is 1. The highest BCUT2D eigenvalue weighted by Crippen LogP contribution is 2.10. The predicted molar refractivity (Wildman–Crippen MR) is 80.1 cm³/mol. The molecule has 2 aromatic rings. The second kappa shape index (κ2) is 8.76. The zero-order chi connectivity index (χ0) is 14.8. The summed E-state index contributed by atoms with van der Waals surface area (Å²) in [6.07, 6.45) is 0.805. The topological polar surface area (TPSA) is 44.8 Å². The number of carbonyl (C=O) groups excluding carboxylic acids is 1. The van der Waals surface area contributed by atoms with E-state index in [1.165, 1.54) is 0 Å². The average molecular weight is 286 g/mol. The zero-order valence-corrected chi connectivity index (χ0v) is 11.7. The van der Waals surface area contributed by atoms with Crippen LogP contribution in [0.2, 0.25) is 0 Å². The minimum absolute atomic E-state index is 0.464. The quantitative estimate of drug-likeness (QED) is 0.525. The second-order valence-corrected chi connectivity index (χ2v) is 4.31. The average Bonchev–Trinajstić information content (AvgIpc) is 2.55. The monoisotopic (exact) mass is 286 g/mol. The number of aldehydes is 1. The molecule has 4 heteroatoms. The Bertz CT molecular complexity index is 522. The Morgan fingerprint density at radius 2 is 1.29 bits per heavy atom. The first kappa shape index (κ1) is 15.1. The van der Waals surface area contributed by atoms with Gasteiger partial charge in [-0.3, -0.25) is 4.79 Å². The molecule has 0 fully saturated rings. The van der Waals surface area contributed by atoms with Crippen molar-refractivity contribution in [3.05, 3.63) is 60.2 Å². The maximum atomic E-state index is 10.5. The SMILES string of the molecule is O=Cc1ccc(OCCOCCOc2ccccc2)cc1. The third kappa shape index (κ3) is 5.67. The van der Waals surface area contributed by atoms with E-state index in [2.05, 4.69) is 0 Å². The van der Waals surface area contributed by atoms with Crippen LogP contribution in [0.4, 0.5) is 0 Å². The molecule has 0 atom stereocenters. The molecular formula is C17H18O4. The molecule has 0 aliphatic carbocycles. The summed E-state index contributed by atoms with van der Waals surface area (Å²) in [4.78, 5) is 10.5. The zero-order valence-electron chi connectivity index (χ0n) is 11.7. The smallest absolute Gasteiger partial charge is 0.150 e. The highest BCUT2D eigenvalue weighted by Gasteiger charge is 1.96. The van der Waals surface area contributed by atoms with Crippen molar-refractivity contribution in [3.8, 4) is 11.5 Å². The van der Waals surface area contributed by atoms with E-state index in [-0.39, 0.29) is 0 Å². The van der Waals surface area contributed by atoms with Crippen molar-refractivity contribution >= 4 is 6.29 Å². The van der Waals surface area contributed by atoms with Gasteiger partial charge in [-0.15, -0.1) is 0 Å². The summed E-state index contributed by atoms with van der Waals surface area (Å²) in [5.74, 6) is 1.57. The van der Waals surface area contributed by atoms with Gasteiger partial charge in [0.1, 0.15) is 31.0 Å². The molecule has 0 heterocycles. The number of ether oxygens (including phenoxy) is 3. The van der Waals surface area contributed by atoms with E-state index in [1.54, 1.807) is 24.3 Å². The second-order valence-electron chi connectivity index (χ2n) is 4.31. The number of carbonyl (C=O) groups is 1. The molecule has 0 amide bonds. The fourth-order valence-electron chi connectivity index (χ4n) is 1.70. The molecule has 0 N–H and O–H groups in total. The Hall–Kier alpha value is -2.33. The molecule has 0 bridgehead atoms. The molecule has 21 heavy (non-hydrogen) atoms. The van der Waals surface area contributed by atoms with Crippen molar-refractivity contribution in [1.82, 2.24) is 0 Å². The maximum absolute atomic E-state index is 10.5. The molecule has 0 unspecified atom stereocenters. The standard InChI is InChI=1S/C17H18O4/c18-14-15-6-8-17(9-7-15)21-13-11-19-10-12-20-16-4-2-1-3-5-16/h1-9,14H,10-13H2. The van der Waals surface area contributed by atoms with Crippen LogP contribution in [-0.4, -0.2) is 32.7 Å². The summed E-state index contributed by atoms with van der Waals surface area (Å²) in [6, 6.07) is 16.6. The minimum Gasteiger partial charge on any atom is -0.491 e. The van der Waals surface area contributed by atoms with Crippen LogP contribution in [0.5, 0.6) is 11.5 Å². The maximum Gasteiger partial charge on any atom is 0.150 e. The first-order chi connectivity index (χ1) is 10.4. The number of hydrogen-bond acceptors (Lipinski definition) is 4. The van der Waals surface area contributed by atoms with Gasteiger partial charge in [0.25, 0.3) is 0 Å². The summed E-state index contributed by atoms with van der Waals surface area (Å²) in [5, 5.41) is 0. The molecule has 0 aliphatic rings. The molecule has 2 rings (SSSR count). The van der Waals surface area contributed by atoms with Crippen LogP contribution in [0.1, 0.15) is 10.4 Å². The van der Waals surface area contributed by atoms with Crippen LogP contribution >= 0.6 is 0 Å². The van der Waals surface area contributed by atoms with Gasteiger partial charge in [0.15, 0.2) is 0 Å². The van der Waals surface area contributed by atoms with Gasteiger partial charge in [0.2, 0.25) is 0 Å². The number of rotatable bonds is 9. The lowest BCUT2D eigenvalue weighted by atomic mass is 10.2. The van der Waals surface area contributed by atoms with Crippen molar-refractivity contribution < 1.29 is 19.0 Å². The van der Waals surface area contributed by atoms with E-state index in [9.17, 15) is 4.79 Å². The molecule has 0 saturated carbocycles. The largest absolute Gasteiger partial charge is 0.491 e. The first-order valence-corrected chi connectivity index (χ1v) is 6.82. The third-order valence-electron chi connectivity index (χ3n) is 2.75. The van der Waals surface area contributed by atoms with Crippen LogP contribution in [0, 0.1) is 0 Å². The fourth-order valence-corrected chi connectivity index (χ4v) is 1.70. The number of hydrogen-bond donors (Lipinski definition) is 0. The molecule has 0 radical (unpaired) electrons. The summed E-state index contributed by atoms with van der Waals surface area (Å²) >= 11 is 0. The van der Waals surface area contributed by atoms with Gasteiger partial charge in [-0.1, -0.05) is 18.2 Å². The Kier molecular flexibility index (Phi) is 6.29. The van der Waals surface area contributed by atoms with Gasteiger partial charge >= 0.3 is 0 Å². The third-order valence-corrected chi connectivity index (χ3v) is 2.75. The minimum atomic E-state index is 0.464. The van der Waals surface area contributed by atoms with Gasteiger partial charge in [-0.2, -0.15) is 0 Å². The van der Waals surface area contributed by atoms with E-state index in [0.717, 1.165) is 17.8 Å². The Morgan fingerprint density at radius 1 is 0.714 bits per heavy atom. The van der Waals surface area contributed by atoms with Gasteiger partial charge in [0.05, 0.1) is 13.2 Å². The summed E-state index contributed by atoms with van der Waals surface area (Å²) in [6.45, 7) is 1.99.